The van der Waals surface area contributed by atoms with E-state index in [1.165, 1.54) is 12.8 Å². The van der Waals surface area contributed by atoms with E-state index in [1.54, 1.807) is 0 Å². The minimum atomic E-state index is 0.406. The van der Waals surface area contributed by atoms with E-state index in [0.717, 1.165) is 19.0 Å². The van der Waals surface area contributed by atoms with E-state index in [4.69, 9.17) is 5.84 Å². The highest BCUT2D eigenvalue weighted by Crippen LogP contribution is 2.24. The van der Waals surface area contributed by atoms with Gasteiger partial charge in [0.15, 0.2) is 0 Å². The zero-order valence-corrected chi connectivity index (χ0v) is 11.2. The van der Waals surface area contributed by atoms with Crippen molar-refractivity contribution in [3.63, 3.8) is 0 Å². The fourth-order valence-corrected chi connectivity index (χ4v) is 2.11. The highest BCUT2D eigenvalue weighted by molar-refractivity contribution is 5.44. The van der Waals surface area contributed by atoms with Crippen molar-refractivity contribution in [1.29, 1.82) is 0 Å². The third-order valence-electron chi connectivity index (χ3n) is 3.29. The van der Waals surface area contributed by atoms with Gasteiger partial charge in [-0.05, 0) is 12.3 Å². The number of hydrogen-bond acceptors (Lipinski definition) is 7. The van der Waals surface area contributed by atoms with E-state index in [0.29, 0.717) is 17.8 Å². The van der Waals surface area contributed by atoms with Crippen LogP contribution < -0.4 is 21.1 Å². The maximum Gasteiger partial charge on any atom is 0.243 e. The molecule has 1 saturated heterocycles. The predicted molar refractivity (Wildman–Crippen MR) is 72.6 cm³/mol. The van der Waals surface area contributed by atoms with Gasteiger partial charge in [-0.25, -0.2) is 5.84 Å². The molecule has 2 rings (SSSR count). The molecule has 1 fully saturated rings. The average molecular weight is 251 g/mol. The minimum absolute atomic E-state index is 0.406. The maximum absolute atomic E-state index is 5.40. The molecule has 0 aliphatic carbocycles. The molecule has 0 radical (unpaired) electrons. The van der Waals surface area contributed by atoms with E-state index in [2.05, 4.69) is 32.2 Å². The quantitative estimate of drug-likeness (QED) is 0.594. The molecule has 0 bridgehead atoms. The lowest BCUT2D eigenvalue weighted by atomic mass is 10.1. The first-order valence-electron chi connectivity index (χ1n) is 6.29. The summed E-state index contributed by atoms with van der Waals surface area (Å²) in [4.78, 5) is 17.0. The first-order chi connectivity index (χ1) is 8.63. The number of hydrazine groups is 1. The molecule has 0 aromatic carbocycles. The highest BCUT2D eigenvalue weighted by Gasteiger charge is 2.24. The van der Waals surface area contributed by atoms with E-state index >= 15 is 0 Å². The SMILES string of the molecule is CCC1CCN(c2nc(NN)nc(N(C)C)n2)C1. The zero-order valence-electron chi connectivity index (χ0n) is 11.2. The molecule has 1 aromatic rings. The molecule has 0 amide bonds. The molecule has 1 aliphatic rings. The summed E-state index contributed by atoms with van der Waals surface area (Å²) in [5.41, 5.74) is 2.50. The Kier molecular flexibility index (Phi) is 3.81. The van der Waals surface area contributed by atoms with E-state index in [1.807, 2.05) is 19.0 Å². The third kappa shape index (κ3) is 2.61. The van der Waals surface area contributed by atoms with Crippen molar-refractivity contribution in [2.75, 3.05) is 42.4 Å². The predicted octanol–water partition coefficient (Wildman–Crippen LogP) is 0.460. The van der Waals surface area contributed by atoms with Gasteiger partial charge in [0.05, 0.1) is 0 Å². The van der Waals surface area contributed by atoms with Crippen LogP contribution in [-0.2, 0) is 0 Å². The summed E-state index contributed by atoms with van der Waals surface area (Å²) in [6.45, 7) is 4.23. The Morgan fingerprint density at radius 2 is 2.17 bits per heavy atom. The second-order valence-electron chi connectivity index (χ2n) is 4.81. The second kappa shape index (κ2) is 5.34. The summed E-state index contributed by atoms with van der Waals surface area (Å²) in [6, 6.07) is 0. The minimum Gasteiger partial charge on any atom is -0.347 e. The van der Waals surface area contributed by atoms with Crippen molar-refractivity contribution in [3.05, 3.63) is 0 Å². The van der Waals surface area contributed by atoms with Gasteiger partial charge >= 0.3 is 0 Å². The van der Waals surface area contributed by atoms with Gasteiger partial charge in [-0.2, -0.15) is 15.0 Å². The molecule has 3 N–H and O–H groups in total. The van der Waals surface area contributed by atoms with Gasteiger partial charge in [-0.3, -0.25) is 5.43 Å². The maximum atomic E-state index is 5.40. The first-order valence-corrected chi connectivity index (χ1v) is 6.29. The number of anilines is 3. The molecule has 100 valence electrons. The van der Waals surface area contributed by atoms with Gasteiger partial charge in [0.2, 0.25) is 17.8 Å². The molecular weight excluding hydrogens is 230 g/mol. The van der Waals surface area contributed by atoms with Crippen LogP contribution in [-0.4, -0.2) is 42.1 Å². The van der Waals surface area contributed by atoms with Gasteiger partial charge in [0.25, 0.3) is 0 Å². The molecule has 0 spiro atoms. The Morgan fingerprint density at radius 1 is 1.39 bits per heavy atom. The Balaban J connectivity index is 2.24. The standard InChI is InChI=1S/C11H21N7/c1-4-8-5-6-18(7-8)11-14-9(16-12)13-10(15-11)17(2)3/h8H,4-7,12H2,1-3H3,(H,13,14,15,16). The molecule has 1 atom stereocenters. The van der Waals surface area contributed by atoms with Crippen LogP contribution in [0.5, 0.6) is 0 Å². The van der Waals surface area contributed by atoms with Crippen LogP contribution in [0.25, 0.3) is 0 Å². The molecular formula is C11H21N7. The lowest BCUT2D eigenvalue weighted by Crippen LogP contribution is -2.25. The normalized spacial score (nSPS) is 19.1. The molecule has 1 aliphatic heterocycles. The van der Waals surface area contributed by atoms with Crippen LogP contribution in [0.2, 0.25) is 0 Å². The van der Waals surface area contributed by atoms with Crippen molar-refractivity contribution in [1.82, 2.24) is 15.0 Å². The first kappa shape index (κ1) is 12.8. The van der Waals surface area contributed by atoms with Gasteiger partial charge in [-0.1, -0.05) is 13.3 Å². The molecule has 0 saturated carbocycles. The number of nitrogens with zero attached hydrogens (tertiary/aromatic N) is 5. The number of rotatable bonds is 4. The number of aromatic nitrogens is 3. The van der Waals surface area contributed by atoms with Crippen molar-refractivity contribution in [2.45, 2.75) is 19.8 Å². The van der Waals surface area contributed by atoms with Crippen LogP contribution >= 0.6 is 0 Å². The average Bonchev–Trinajstić information content (AvgIpc) is 2.86. The largest absolute Gasteiger partial charge is 0.347 e. The lowest BCUT2D eigenvalue weighted by Gasteiger charge is -2.19. The van der Waals surface area contributed by atoms with Gasteiger partial charge in [0.1, 0.15) is 0 Å². The van der Waals surface area contributed by atoms with Gasteiger partial charge in [-0.15, -0.1) is 0 Å². The smallest absolute Gasteiger partial charge is 0.243 e. The molecule has 1 unspecified atom stereocenters. The third-order valence-corrected chi connectivity index (χ3v) is 3.29. The van der Waals surface area contributed by atoms with Crippen molar-refractivity contribution in [3.8, 4) is 0 Å². The van der Waals surface area contributed by atoms with Crippen LogP contribution in [0.3, 0.4) is 0 Å². The summed E-state index contributed by atoms with van der Waals surface area (Å²) in [5.74, 6) is 7.87. The fraction of sp³-hybridized carbons (Fsp3) is 0.727. The Morgan fingerprint density at radius 3 is 2.72 bits per heavy atom. The monoisotopic (exact) mass is 251 g/mol. The topological polar surface area (TPSA) is 83.2 Å². The molecule has 18 heavy (non-hydrogen) atoms. The van der Waals surface area contributed by atoms with Crippen molar-refractivity contribution < 1.29 is 0 Å². The van der Waals surface area contributed by atoms with E-state index < -0.39 is 0 Å². The number of nitrogens with two attached hydrogens (primary N) is 1. The number of nitrogens with one attached hydrogen (secondary N) is 1. The Labute approximate surface area is 107 Å². The van der Waals surface area contributed by atoms with Crippen LogP contribution in [0, 0.1) is 5.92 Å². The lowest BCUT2D eigenvalue weighted by molar-refractivity contribution is 0.568. The van der Waals surface area contributed by atoms with Gasteiger partial charge in [0, 0.05) is 27.2 Å². The van der Waals surface area contributed by atoms with Crippen molar-refractivity contribution >= 4 is 17.8 Å². The number of nitrogen functional groups attached to an aromatic ring is 1. The molecule has 7 nitrogen and oxygen atoms in total. The highest BCUT2D eigenvalue weighted by atomic mass is 15.4. The van der Waals surface area contributed by atoms with Crippen LogP contribution in [0.1, 0.15) is 19.8 Å². The van der Waals surface area contributed by atoms with Crippen LogP contribution in [0.4, 0.5) is 17.8 Å². The molecule has 7 heteroatoms. The summed E-state index contributed by atoms with van der Waals surface area (Å²) in [6.07, 6.45) is 2.40. The zero-order chi connectivity index (χ0) is 13.1. The summed E-state index contributed by atoms with van der Waals surface area (Å²) >= 11 is 0. The molecule has 1 aromatic heterocycles. The fourth-order valence-electron chi connectivity index (χ4n) is 2.11. The van der Waals surface area contributed by atoms with Crippen molar-refractivity contribution in [2.24, 2.45) is 11.8 Å². The van der Waals surface area contributed by atoms with E-state index in [9.17, 15) is 0 Å². The van der Waals surface area contributed by atoms with E-state index in [-0.39, 0.29) is 0 Å². The second-order valence-corrected chi connectivity index (χ2v) is 4.81. The van der Waals surface area contributed by atoms with Gasteiger partial charge < -0.3 is 9.80 Å². The summed E-state index contributed by atoms with van der Waals surface area (Å²) in [5, 5.41) is 0. The summed E-state index contributed by atoms with van der Waals surface area (Å²) < 4.78 is 0. The number of hydrogen-bond donors (Lipinski definition) is 2. The summed E-state index contributed by atoms with van der Waals surface area (Å²) in [7, 11) is 3.80. The van der Waals surface area contributed by atoms with Crippen LogP contribution in [0.15, 0.2) is 0 Å². The Hall–Kier alpha value is -1.63. The molecule has 2 heterocycles. The Bertz CT molecular complexity index is 406.